The van der Waals surface area contributed by atoms with Gasteiger partial charge in [0, 0.05) is 42.9 Å². The van der Waals surface area contributed by atoms with E-state index in [4.69, 9.17) is 4.42 Å². The van der Waals surface area contributed by atoms with Crippen LogP contribution >= 0.6 is 0 Å². The average Bonchev–Trinajstić information content (AvgIpc) is 3.58. The molecular weight excluding hydrogens is 576 g/mol. The van der Waals surface area contributed by atoms with Crippen LogP contribution in [0, 0.1) is 18.6 Å². The number of aromatic amines is 1. The number of aromatic nitrogens is 3. The molecule has 0 saturated heterocycles. The van der Waals surface area contributed by atoms with Gasteiger partial charge in [-0.2, -0.15) is 0 Å². The van der Waals surface area contributed by atoms with E-state index in [0.717, 1.165) is 16.1 Å². The number of hydrogen-bond acceptors (Lipinski definition) is 6. The van der Waals surface area contributed by atoms with Gasteiger partial charge in [0.25, 0.3) is 5.91 Å². The van der Waals surface area contributed by atoms with Crippen LogP contribution in [0.15, 0.2) is 71.3 Å². The third kappa shape index (κ3) is 4.89. The first kappa shape index (κ1) is 28.0. The molecule has 0 atom stereocenters. The van der Waals surface area contributed by atoms with Gasteiger partial charge in [-0.25, -0.2) is 27.2 Å². The Morgan fingerprint density at radius 2 is 1.72 bits per heavy atom. The number of sulfonamides is 1. The van der Waals surface area contributed by atoms with Crippen molar-refractivity contribution in [3.8, 4) is 33.8 Å². The van der Waals surface area contributed by atoms with E-state index < -0.39 is 27.6 Å². The van der Waals surface area contributed by atoms with Crippen LogP contribution in [0.2, 0.25) is 0 Å². The van der Waals surface area contributed by atoms with E-state index in [1.165, 1.54) is 56.6 Å². The van der Waals surface area contributed by atoms with E-state index in [9.17, 15) is 17.6 Å². The molecule has 3 heterocycles. The predicted molar refractivity (Wildman–Crippen MR) is 161 cm³/mol. The van der Waals surface area contributed by atoms with Gasteiger partial charge in [0.05, 0.1) is 28.6 Å². The number of anilines is 1. The SMILES string of the molecule is CNC(=O)c1c(-c2ccc(F)cc2)oc2cc(N(C)S(C)(=O)=O)c(-c3ccc(F)c(-c4nc5nccc(C)c5[nH]4)c3)cc12. The smallest absolute Gasteiger partial charge is 0.255 e. The normalized spacial score (nSPS) is 11.8. The van der Waals surface area contributed by atoms with Crippen molar-refractivity contribution in [2.24, 2.45) is 0 Å². The van der Waals surface area contributed by atoms with E-state index in [2.05, 4.69) is 20.3 Å². The summed E-state index contributed by atoms with van der Waals surface area (Å²) < 4.78 is 61.6. The highest BCUT2D eigenvalue weighted by Crippen LogP contribution is 2.42. The Balaban J connectivity index is 1.63. The minimum atomic E-state index is -3.76. The van der Waals surface area contributed by atoms with Crippen molar-refractivity contribution < 1.29 is 26.4 Å². The first-order chi connectivity index (χ1) is 20.5. The number of H-pyrrole nitrogens is 1. The molecule has 3 aromatic heterocycles. The van der Waals surface area contributed by atoms with Gasteiger partial charge in [-0.05, 0) is 66.6 Å². The molecule has 0 bridgehead atoms. The Labute approximate surface area is 245 Å². The van der Waals surface area contributed by atoms with E-state index in [1.54, 1.807) is 18.3 Å². The van der Waals surface area contributed by atoms with Gasteiger partial charge in [0.15, 0.2) is 5.65 Å². The van der Waals surface area contributed by atoms with Crippen LogP contribution in [0.3, 0.4) is 0 Å². The molecule has 0 spiro atoms. The number of halogens is 2. The summed E-state index contributed by atoms with van der Waals surface area (Å²) in [5.41, 5.74) is 4.09. The van der Waals surface area contributed by atoms with Crippen molar-refractivity contribution in [2.75, 3.05) is 24.7 Å². The van der Waals surface area contributed by atoms with Crippen molar-refractivity contribution in [2.45, 2.75) is 6.92 Å². The molecule has 12 heteroatoms. The van der Waals surface area contributed by atoms with Crippen LogP contribution in [-0.4, -0.2) is 49.6 Å². The van der Waals surface area contributed by atoms with Crippen LogP contribution < -0.4 is 9.62 Å². The molecule has 0 saturated carbocycles. The fourth-order valence-electron chi connectivity index (χ4n) is 4.99. The molecule has 3 aromatic carbocycles. The number of fused-ring (bicyclic) bond motifs is 2. The first-order valence-electron chi connectivity index (χ1n) is 13.1. The molecule has 1 amide bonds. The Hall–Kier alpha value is -5.10. The van der Waals surface area contributed by atoms with E-state index in [0.29, 0.717) is 33.2 Å². The molecule has 0 radical (unpaired) electrons. The number of amides is 1. The molecule has 6 rings (SSSR count). The van der Waals surface area contributed by atoms with Crippen molar-refractivity contribution in [1.82, 2.24) is 20.3 Å². The van der Waals surface area contributed by atoms with Crippen LogP contribution in [0.1, 0.15) is 15.9 Å². The number of carbonyl (C=O) groups excluding carboxylic acids is 1. The topological polar surface area (TPSA) is 121 Å². The lowest BCUT2D eigenvalue weighted by Crippen LogP contribution is -2.25. The van der Waals surface area contributed by atoms with Crippen molar-refractivity contribution in [1.29, 1.82) is 0 Å². The zero-order valence-corrected chi connectivity index (χ0v) is 24.3. The molecule has 0 aliphatic rings. The molecule has 0 aliphatic heterocycles. The summed E-state index contributed by atoms with van der Waals surface area (Å²) in [6.07, 6.45) is 2.68. The maximum absolute atomic E-state index is 15.3. The number of nitrogens with zero attached hydrogens (tertiary/aromatic N) is 3. The number of carbonyl (C=O) groups is 1. The molecule has 43 heavy (non-hydrogen) atoms. The molecule has 6 aromatic rings. The highest BCUT2D eigenvalue weighted by molar-refractivity contribution is 7.92. The summed E-state index contributed by atoms with van der Waals surface area (Å²) >= 11 is 0. The van der Waals surface area contributed by atoms with Gasteiger partial charge >= 0.3 is 0 Å². The quantitative estimate of drug-likeness (QED) is 0.240. The highest BCUT2D eigenvalue weighted by atomic mass is 32.2. The number of rotatable bonds is 6. The number of aryl methyl sites for hydroxylation is 1. The molecule has 0 fully saturated rings. The van der Waals surface area contributed by atoms with Gasteiger partial charge < -0.3 is 14.7 Å². The largest absolute Gasteiger partial charge is 0.455 e. The van der Waals surface area contributed by atoms with Gasteiger partial charge in [-0.15, -0.1) is 0 Å². The van der Waals surface area contributed by atoms with E-state index >= 15 is 4.39 Å². The van der Waals surface area contributed by atoms with Gasteiger partial charge in [-0.3, -0.25) is 9.10 Å². The third-order valence-electron chi connectivity index (χ3n) is 7.34. The second kappa shape index (κ2) is 10.3. The number of nitrogens with one attached hydrogen (secondary N) is 2. The number of hydrogen-bond donors (Lipinski definition) is 2. The monoisotopic (exact) mass is 601 g/mol. The van der Waals surface area contributed by atoms with Crippen LogP contribution in [0.4, 0.5) is 14.5 Å². The van der Waals surface area contributed by atoms with Gasteiger partial charge in [0.1, 0.15) is 28.8 Å². The second-order valence-corrected chi connectivity index (χ2v) is 12.1. The lowest BCUT2D eigenvalue weighted by molar-refractivity contribution is 0.0964. The molecule has 0 unspecified atom stereocenters. The fourth-order valence-corrected chi connectivity index (χ4v) is 5.50. The summed E-state index contributed by atoms with van der Waals surface area (Å²) in [4.78, 5) is 25.0. The number of imidazole rings is 1. The number of benzene rings is 3. The molecule has 0 aliphatic carbocycles. The lowest BCUT2D eigenvalue weighted by Gasteiger charge is -2.21. The predicted octanol–water partition coefficient (Wildman–Crippen LogP) is 6.05. The number of pyridine rings is 1. The summed E-state index contributed by atoms with van der Waals surface area (Å²) in [6, 6.07) is 14.8. The molecular formula is C31H25F2N5O4S. The fraction of sp³-hybridized carbons (Fsp3) is 0.129. The second-order valence-electron chi connectivity index (χ2n) is 10.1. The summed E-state index contributed by atoms with van der Waals surface area (Å²) in [7, 11) is -0.898. The first-order valence-corrected chi connectivity index (χ1v) is 14.9. The lowest BCUT2D eigenvalue weighted by atomic mass is 9.97. The summed E-state index contributed by atoms with van der Waals surface area (Å²) in [5, 5.41) is 2.99. The van der Waals surface area contributed by atoms with Crippen molar-refractivity contribution >= 4 is 43.8 Å². The Morgan fingerprint density at radius 1 is 1.00 bits per heavy atom. The zero-order valence-electron chi connectivity index (χ0n) is 23.5. The molecule has 2 N–H and O–H groups in total. The van der Waals surface area contributed by atoms with Crippen LogP contribution in [0.5, 0.6) is 0 Å². The maximum Gasteiger partial charge on any atom is 0.255 e. The highest BCUT2D eigenvalue weighted by Gasteiger charge is 2.26. The maximum atomic E-state index is 15.3. The minimum absolute atomic E-state index is 0.147. The Kier molecular flexibility index (Phi) is 6.73. The van der Waals surface area contributed by atoms with Gasteiger partial charge in [0.2, 0.25) is 10.0 Å². The third-order valence-corrected chi connectivity index (χ3v) is 8.53. The van der Waals surface area contributed by atoms with E-state index in [-0.39, 0.29) is 34.0 Å². The summed E-state index contributed by atoms with van der Waals surface area (Å²) in [6.45, 7) is 1.89. The zero-order chi connectivity index (χ0) is 30.6. The average molecular weight is 602 g/mol. The molecule has 218 valence electrons. The van der Waals surface area contributed by atoms with Crippen LogP contribution in [-0.2, 0) is 10.0 Å². The van der Waals surface area contributed by atoms with Gasteiger partial charge in [-0.1, -0.05) is 6.07 Å². The molecule has 9 nitrogen and oxygen atoms in total. The Bertz CT molecular complexity index is 2170. The standard InChI is InChI=1S/C31H25F2N5O4S/c1-16-11-12-35-30-27(16)36-29(37-30)21-13-18(7-10-23(21)33)20-14-22-25(15-24(20)38(3)43(4,40)41)42-28(26(22)31(39)34-2)17-5-8-19(32)9-6-17/h5-15H,1-4H3,(H,34,39)(H,35,36,37). The number of furan rings is 1. The van der Waals surface area contributed by atoms with E-state index in [1.807, 2.05) is 13.0 Å². The minimum Gasteiger partial charge on any atom is -0.455 e. The van der Waals surface area contributed by atoms with Crippen LogP contribution in [0.25, 0.3) is 56.0 Å². The van der Waals surface area contributed by atoms with Crippen molar-refractivity contribution in [3.63, 3.8) is 0 Å². The summed E-state index contributed by atoms with van der Waals surface area (Å²) in [5.74, 6) is -1.03. The van der Waals surface area contributed by atoms with Crippen molar-refractivity contribution in [3.05, 3.63) is 89.6 Å². The Morgan fingerprint density at radius 3 is 2.40 bits per heavy atom.